The van der Waals surface area contributed by atoms with E-state index in [4.69, 9.17) is 33.0 Å². The van der Waals surface area contributed by atoms with Crippen LogP contribution in [0.4, 0.5) is 0 Å². The van der Waals surface area contributed by atoms with Crippen molar-refractivity contribution in [2.75, 3.05) is 0 Å². The number of halogens is 2. The summed E-state index contributed by atoms with van der Waals surface area (Å²) < 4.78 is 31.9. The molecular weight excluding hydrogens is 473 g/mol. The number of benzene rings is 2. The van der Waals surface area contributed by atoms with Gasteiger partial charge >= 0.3 is 5.97 Å². The van der Waals surface area contributed by atoms with Gasteiger partial charge in [-0.05, 0) is 42.3 Å². The van der Waals surface area contributed by atoms with Gasteiger partial charge in [-0.1, -0.05) is 54.4 Å². The van der Waals surface area contributed by atoms with Crippen molar-refractivity contribution in [3.63, 3.8) is 0 Å². The fourth-order valence-corrected chi connectivity index (χ4v) is 5.70. The van der Waals surface area contributed by atoms with Crippen molar-refractivity contribution in [2.45, 2.75) is 36.8 Å². The van der Waals surface area contributed by atoms with E-state index in [-0.39, 0.29) is 33.5 Å². The molecule has 1 N–H and O–H groups in total. The predicted molar refractivity (Wildman–Crippen MR) is 123 cm³/mol. The monoisotopic (exact) mass is 493 g/mol. The van der Waals surface area contributed by atoms with Crippen molar-refractivity contribution < 1.29 is 23.1 Å². The van der Waals surface area contributed by atoms with Crippen LogP contribution in [-0.2, 0) is 33.2 Å². The Morgan fingerprint density at radius 2 is 1.69 bits per heavy atom. The predicted octanol–water partition coefficient (Wildman–Crippen LogP) is 5.73. The van der Waals surface area contributed by atoms with Gasteiger partial charge in [-0.15, -0.1) is 0 Å². The first-order valence-corrected chi connectivity index (χ1v) is 12.2. The van der Waals surface area contributed by atoms with Crippen LogP contribution in [0, 0.1) is 0 Å². The van der Waals surface area contributed by atoms with Crippen LogP contribution >= 0.6 is 23.2 Å². The van der Waals surface area contributed by atoms with E-state index < -0.39 is 21.6 Å². The third-order valence-corrected chi connectivity index (χ3v) is 7.30. The Morgan fingerprint density at radius 3 is 2.34 bits per heavy atom. The maximum absolute atomic E-state index is 12.9. The topological polar surface area (TPSA) is 93.6 Å². The normalized spacial score (nSPS) is 11.3. The van der Waals surface area contributed by atoms with Crippen molar-refractivity contribution in [1.29, 1.82) is 0 Å². The van der Waals surface area contributed by atoms with Gasteiger partial charge in [-0.2, -0.15) is 0 Å². The first-order valence-electron chi connectivity index (χ1n) is 9.84. The number of hydrogen-bond donors (Lipinski definition) is 1. The van der Waals surface area contributed by atoms with Crippen molar-refractivity contribution in [3.05, 3.63) is 81.6 Å². The largest absolute Gasteiger partial charge is 0.481 e. The zero-order valence-corrected chi connectivity index (χ0v) is 19.5. The van der Waals surface area contributed by atoms with E-state index in [1.165, 1.54) is 18.2 Å². The number of aliphatic carboxylic acids is 1. The van der Waals surface area contributed by atoms with Gasteiger partial charge in [0.2, 0.25) is 0 Å². The molecule has 6 nitrogen and oxygen atoms in total. The fraction of sp³-hybridized carbons (Fsp3) is 0.217. The first kappa shape index (κ1) is 24.0. The molecule has 0 aliphatic carbocycles. The summed E-state index contributed by atoms with van der Waals surface area (Å²) in [6, 6.07) is 15.1. The van der Waals surface area contributed by atoms with Gasteiger partial charge in [-0.3, -0.25) is 9.78 Å². The van der Waals surface area contributed by atoms with Crippen LogP contribution in [-0.4, -0.2) is 24.5 Å². The molecule has 9 heteroatoms. The maximum Gasteiger partial charge on any atom is 0.303 e. The summed E-state index contributed by atoms with van der Waals surface area (Å²) in [4.78, 5) is 15.4. The Bertz CT molecular complexity index is 1220. The highest BCUT2D eigenvalue weighted by Gasteiger charge is 2.23. The minimum atomic E-state index is -3.89. The Labute approximate surface area is 196 Å². The van der Waals surface area contributed by atoms with Crippen LogP contribution in [0.15, 0.2) is 59.5 Å². The molecule has 0 amide bonds. The molecule has 32 heavy (non-hydrogen) atoms. The van der Waals surface area contributed by atoms with Gasteiger partial charge in [-0.25, -0.2) is 8.42 Å². The van der Waals surface area contributed by atoms with Crippen LogP contribution in [0.2, 0.25) is 10.0 Å². The fourth-order valence-electron chi connectivity index (χ4n) is 3.17. The number of pyridine rings is 1. The molecule has 0 fully saturated rings. The molecule has 0 spiro atoms. The van der Waals surface area contributed by atoms with Crippen molar-refractivity contribution in [3.8, 4) is 11.5 Å². The van der Waals surface area contributed by atoms with Gasteiger partial charge in [0.1, 0.15) is 16.4 Å². The van der Waals surface area contributed by atoms with Crippen LogP contribution in [0.3, 0.4) is 0 Å². The number of nitrogens with zero attached hydrogens (tertiary/aromatic N) is 1. The number of carbonyl (C=O) groups is 1. The number of hydrogen-bond acceptors (Lipinski definition) is 5. The zero-order chi connectivity index (χ0) is 23.3. The van der Waals surface area contributed by atoms with Crippen molar-refractivity contribution >= 4 is 39.0 Å². The van der Waals surface area contributed by atoms with E-state index in [1.807, 2.05) is 31.2 Å². The minimum absolute atomic E-state index is 0.0275. The van der Waals surface area contributed by atoms with E-state index >= 15 is 0 Å². The lowest BCUT2D eigenvalue weighted by Crippen LogP contribution is -2.10. The second-order valence-electron chi connectivity index (χ2n) is 7.01. The molecule has 0 bridgehead atoms. The molecule has 1 heterocycles. The lowest BCUT2D eigenvalue weighted by Gasteiger charge is -2.14. The Morgan fingerprint density at radius 1 is 1.00 bits per heavy atom. The summed E-state index contributed by atoms with van der Waals surface area (Å²) >= 11 is 12.1. The number of rotatable bonds is 9. The lowest BCUT2D eigenvalue weighted by molar-refractivity contribution is -0.136. The number of carboxylic acid groups (broad SMARTS) is 1. The Hall–Kier alpha value is -2.61. The van der Waals surface area contributed by atoms with Crippen LogP contribution in [0.25, 0.3) is 0 Å². The highest BCUT2D eigenvalue weighted by atomic mass is 35.5. The molecular formula is C23H21Cl2NO5S. The number of carboxylic acids is 1. The van der Waals surface area contributed by atoms with Crippen LogP contribution in [0.5, 0.6) is 11.5 Å². The lowest BCUT2D eigenvalue weighted by atomic mass is 10.1. The standard InChI is InChI=1S/C23H21Cl2NO5S/c1-2-15-6-3-4-9-20(15)31-21-12-10-16(26-19(21)11-13-22(27)28)14-32(29,30)23-17(24)7-5-8-18(23)25/h3-10,12H,2,11,13-14H2,1H3,(H,27,28). The molecule has 0 aliphatic rings. The molecule has 1 aromatic heterocycles. The third kappa shape index (κ3) is 5.79. The molecule has 3 aromatic rings. The molecule has 3 rings (SSSR count). The maximum atomic E-state index is 12.9. The highest BCUT2D eigenvalue weighted by molar-refractivity contribution is 7.90. The number of aryl methyl sites for hydroxylation is 2. The Balaban J connectivity index is 1.96. The summed E-state index contributed by atoms with van der Waals surface area (Å²) in [6.45, 7) is 2.00. The van der Waals surface area contributed by atoms with Crippen LogP contribution in [0.1, 0.15) is 30.3 Å². The summed E-state index contributed by atoms with van der Waals surface area (Å²) in [5.74, 6) is -0.421. The van der Waals surface area contributed by atoms with E-state index in [2.05, 4.69) is 4.98 Å². The van der Waals surface area contributed by atoms with E-state index in [1.54, 1.807) is 12.1 Å². The number of para-hydroxylation sites is 1. The molecule has 0 atom stereocenters. The first-order chi connectivity index (χ1) is 15.2. The average molecular weight is 494 g/mol. The average Bonchev–Trinajstić information content (AvgIpc) is 2.73. The zero-order valence-electron chi connectivity index (χ0n) is 17.2. The third-order valence-electron chi connectivity index (χ3n) is 4.71. The van der Waals surface area contributed by atoms with E-state index in [9.17, 15) is 13.2 Å². The van der Waals surface area contributed by atoms with Gasteiger partial charge in [0.05, 0.1) is 33.6 Å². The van der Waals surface area contributed by atoms with Crippen molar-refractivity contribution in [1.82, 2.24) is 4.98 Å². The van der Waals surface area contributed by atoms with Crippen LogP contribution < -0.4 is 4.74 Å². The summed E-state index contributed by atoms with van der Waals surface area (Å²) in [6.07, 6.45) is 0.661. The van der Waals surface area contributed by atoms with Gasteiger partial charge in [0, 0.05) is 6.42 Å². The second kappa shape index (κ2) is 10.3. The molecule has 0 aliphatic heterocycles. The van der Waals surface area contributed by atoms with E-state index in [0.717, 1.165) is 12.0 Å². The SMILES string of the molecule is CCc1ccccc1Oc1ccc(CS(=O)(=O)c2c(Cl)cccc2Cl)nc1CCC(=O)O. The van der Waals surface area contributed by atoms with Gasteiger partial charge in [0.25, 0.3) is 0 Å². The summed E-state index contributed by atoms with van der Waals surface area (Å²) in [5, 5.41) is 9.16. The smallest absolute Gasteiger partial charge is 0.303 e. The van der Waals surface area contributed by atoms with Gasteiger partial charge in [0.15, 0.2) is 9.84 Å². The number of sulfone groups is 1. The molecule has 0 saturated heterocycles. The molecule has 168 valence electrons. The second-order valence-corrected chi connectivity index (χ2v) is 9.76. The van der Waals surface area contributed by atoms with E-state index in [0.29, 0.717) is 17.2 Å². The number of aromatic nitrogens is 1. The minimum Gasteiger partial charge on any atom is -0.481 e. The van der Waals surface area contributed by atoms with Crippen molar-refractivity contribution in [2.24, 2.45) is 0 Å². The summed E-state index contributed by atoms with van der Waals surface area (Å²) in [5.41, 5.74) is 1.57. The van der Waals surface area contributed by atoms with Gasteiger partial charge < -0.3 is 9.84 Å². The molecule has 0 saturated carbocycles. The number of ether oxygens (including phenoxy) is 1. The molecule has 0 radical (unpaired) electrons. The summed E-state index contributed by atoms with van der Waals surface area (Å²) in [7, 11) is -3.89. The highest BCUT2D eigenvalue weighted by Crippen LogP contribution is 2.33. The molecule has 2 aromatic carbocycles. The molecule has 0 unspecified atom stereocenters. The Kier molecular flexibility index (Phi) is 7.77. The quantitative estimate of drug-likeness (QED) is 0.408.